The van der Waals surface area contributed by atoms with Crippen LogP contribution >= 0.6 is 15.9 Å². The molecule has 0 fully saturated rings. The van der Waals surface area contributed by atoms with Gasteiger partial charge in [0.05, 0.1) is 0 Å². The van der Waals surface area contributed by atoms with Gasteiger partial charge in [-0.3, -0.25) is 0 Å². The third-order valence-corrected chi connectivity index (χ3v) is 4.66. The molecule has 0 saturated heterocycles. The highest BCUT2D eigenvalue weighted by Crippen LogP contribution is 2.32. The van der Waals surface area contributed by atoms with Crippen molar-refractivity contribution >= 4 is 15.9 Å². The lowest BCUT2D eigenvalue weighted by Gasteiger charge is -2.26. The summed E-state index contributed by atoms with van der Waals surface area (Å²) in [6, 6.07) is 0. The molecule has 0 aromatic carbocycles. The van der Waals surface area contributed by atoms with Gasteiger partial charge in [-0.2, -0.15) is 0 Å². The zero-order chi connectivity index (χ0) is 11.6. The van der Waals surface area contributed by atoms with E-state index in [9.17, 15) is 0 Å². The zero-order valence-electron chi connectivity index (χ0n) is 10.9. The van der Waals surface area contributed by atoms with E-state index in [0.717, 1.165) is 0 Å². The van der Waals surface area contributed by atoms with E-state index in [2.05, 4.69) is 36.7 Å². The number of unbranched alkanes of at least 4 members (excludes halogenated alkanes) is 5. The largest absolute Gasteiger partial charge is 0.0922 e. The minimum absolute atomic E-state index is 0.555. The number of hydrogen-bond acceptors (Lipinski definition) is 0. The van der Waals surface area contributed by atoms with Crippen molar-refractivity contribution in [1.29, 1.82) is 0 Å². The predicted octanol–water partition coefficient (Wildman–Crippen LogP) is 5.94. The van der Waals surface area contributed by atoms with Crippen LogP contribution in [0.4, 0.5) is 0 Å². The van der Waals surface area contributed by atoms with E-state index in [4.69, 9.17) is 0 Å². The maximum Gasteiger partial charge on any atom is 0.00853 e. The van der Waals surface area contributed by atoms with Crippen LogP contribution in [-0.2, 0) is 0 Å². The fraction of sp³-hybridized carbons (Fsp3) is 1.00. The Morgan fingerprint density at radius 1 is 0.800 bits per heavy atom. The summed E-state index contributed by atoms with van der Waals surface area (Å²) in [5.74, 6) is 0. The molecule has 1 unspecified atom stereocenters. The van der Waals surface area contributed by atoms with Crippen LogP contribution < -0.4 is 0 Å². The third kappa shape index (κ3) is 8.30. The second-order valence-electron chi connectivity index (χ2n) is 5.21. The minimum Gasteiger partial charge on any atom is -0.0922 e. The fourth-order valence-electron chi connectivity index (χ4n) is 2.19. The van der Waals surface area contributed by atoms with Crippen LogP contribution in [0.15, 0.2) is 0 Å². The van der Waals surface area contributed by atoms with Gasteiger partial charge >= 0.3 is 0 Å². The van der Waals surface area contributed by atoms with Crippen LogP contribution in [0.2, 0.25) is 0 Å². The van der Waals surface area contributed by atoms with Gasteiger partial charge in [-0.05, 0) is 18.3 Å². The van der Waals surface area contributed by atoms with Gasteiger partial charge in [0.1, 0.15) is 0 Å². The van der Waals surface area contributed by atoms with E-state index >= 15 is 0 Å². The van der Waals surface area contributed by atoms with Crippen LogP contribution in [-0.4, -0.2) is 5.33 Å². The van der Waals surface area contributed by atoms with Crippen LogP contribution in [0.5, 0.6) is 0 Å². The highest BCUT2D eigenvalue weighted by Gasteiger charge is 2.20. The summed E-state index contributed by atoms with van der Waals surface area (Å²) in [5, 5.41) is 1.17. The summed E-state index contributed by atoms with van der Waals surface area (Å²) >= 11 is 3.67. The molecule has 0 aliphatic carbocycles. The summed E-state index contributed by atoms with van der Waals surface area (Å²) in [6.45, 7) is 7.00. The van der Waals surface area contributed by atoms with Crippen LogP contribution in [0, 0.1) is 5.41 Å². The second-order valence-corrected chi connectivity index (χ2v) is 5.77. The van der Waals surface area contributed by atoms with Gasteiger partial charge < -0.3 is 0 Å². The molecule has 1 atom stereocenters. The summed E-state index contributed by atoms with van der Waals surface area (Å²) in [7, 11) is 0. The lowest BCUT2D eigenvalue weighted by atomic mass is 9.82. The molecule has 0 N–H and O–H groups in total. The van der Waals surface area contributed by atoms with Gasteiger partial charge in [0.2, 0.25) is 0 Å². The Morgan fingerprint density at radius 2 is 1.40 bits per heavy atom. The number of rotatable bonds is 10. The molecule has 0 spiro atoms. The van der Waals surface area contributed by atoms with Gasteiger partial charge in [0.15, 0.2) is 0 Å². The molecule has 0 amide bonds. The molecular weight excluding hydrogens is 248 g/mol. The van der Waals surface area contributed by atoms with Crippen molar-refractivity contribution in [2.45, 2.75) is 78.6 Å². The van der Waals surface area contributed by atoms with Gasteiger partial charge in [-0.1, -0.05) is 81.6 Å². The second kappa shape index (κ2) is 9.69. The van der Waals surface area contributed by atoms with E-state index in [-0.39, 0.29) is 0 Å². The van der Waals surface area contributed by atoms with Crippen LogP contribution in [0.1, 0.15) is 78.6 Å². The number of alkyl halides is 1. The predicted molar refractivity (Wildman–Crippen MR) is 74.8 cm³/mol. The lowest BCUT2D eigenvalue weighted by molar-refractivity contribution is 0.301. The molecule has 0 aliphatic rings. The van der Waals surface area contributed by atoms with Gasteiger partial charge in [0.25, 0.3) is 0 Å². The summed E-state index contributed by atoms with van der Waals surface area (Å²) in [5.41, 5.74) is 0.555. The minimum atomic E-state index is 0.555. The quantitative estimate of drug-likeness (QED) is 0.342. The Bertz CT molecular complexity index is 133. The maximum absolute atomic E-state index is 3.67. The Morgan fingerprint density at radius 3 is 1.93 bits per heavy atom. The first-order valence-electron chi connectivity index (χ1n) is 6.74. The molecule has 0 heterocycles. The summed E-state index contributed by atoms with van der Waals surface area (Å²) in [6.07, 6.45) is 12.6. The van der Waals surface area contributed by atoms with Gasteiger partial charge in [0, 0.05) is 5.33 Å². The SMILES string of the molecule is CCCCCCCCC(C)(CBr)CCC. The highest BCUT2D eigenvalue weighted by molar-refractivity contribution is 9.09. The Labute approximate surface area is 105 Å². The van der Waals surface area contributed by atoms with E-state index < -0.39 is 0 Å². The van der Waals surface area contributed by atoms with Crippen molar-refractivity contribution < 1.29 is 0 Å². The average Bonchev–Trinajstić information content (AvgIpc) is 2.24. The molecule has 0 radical (unpaired) electrons. The van der Waals surface area contributed by atoms with Crippen molar-refractivity contribution in [2.75, 3.05) is 5.33 Å². The number of halogens is 1. The smallest absolute Gasteiger partial charge is 0.00853 e. The van der Waals surface area contributed by atoms with Gasteiger partial charge in [-0.25, -0.2) is 0 Å². The van der Waals surface area contributed by atoms with Crippen molar-refractivity contribution in [3.63, 3.8) is 0 Å². The molecule has 15 heavy (non-hydrogen) atoms. The number of hydrogen-bond donors (Lipinski definition) is 0. The molecule has 0 nitrogen and oxygen atoms in total. The Hall–Kier alpha value is 0.480. The van der Waals surface area contributed by atoms with Crippen molar-refractivity contribution in [3.8, 4) is 0 Å². The van der Waals surface area contributed by atoms with Gasteiger partial charge in [-0.15, -0.1) is 0 Å². The first-order chi connectivity index (χ1) is 7.18. The summed E-state index contributed by atoms with van der Waals surface area (Å²) < 4.78 is 0. The molecular formula is C14H29Br. The van der Waals surface area contributed by atoms with E-state index in [1.807, 2.05) is 0 Å². The Kier molecular flexibility index (Phi) is 10.00. The molecule has 0 rings (SSSR count). The standard InChI is InChI=1S/C14H29Br/c1-4-6-7-8-9-10-12-14(3,13-15)11-5-2/h4-13H2,1-3H3. The van der Waals surface area contributed by atoms with Crippen molar-refractivity contribution in [3.05, 3.63) is 0 Å². The van der Waals surface area contributed by atoms with Crippen molar-refractivity contribution in [1.82, 2.24) is 0 Å². The molecule has 0 aromatic rings. The monoisotopic (exact) mass is 276 g/mol. The topological polar surface area (TPSA) is 0 Å². The van der Waals surface area contributed by atoms with E-state index in [0.29, 0.717) is 5.41 Å². The molecule has 0 bridgehead atoms. The first-order valence-corrected chi connectivity index (χ1v) is 7.86. The Balaban J connectivity index is 3.46. The summed E-state index contributed by atoms with van der Waals surface area (Å²) in [4.78, 5) is 0. The van der Waals surface area contributed by atoms with E-state index in [1.165, 1.54) is 63.1 Å². The molecule has 0 aliphatic heterocycles. The molecule has 1 heteroatoms. The molecule has 0 aromatic heterocycles. The third-order valence-electron chi connectivity index (χ3n) is 3.31. The van der Waals surface area contributed by atoms with Crippen LogP contribution in [0.3, 0.4) is 0 Å². The van der Waals surface area contributed by atoms with E-state index in [1.54, 1.807) is 0 Å². The molecule has 0 saturated carbocycles. The highest BCUT2D eigenvalue weighted by atomic mass is 79.9. The zero-order valence-corrected chi connectivity index (χ0v) is 12.5. The fourth-order valence-corrected chi connectivity index (χ4v) is 2.76. The normalized spacial score (nSPS) is 15.2. The molecule has 92 valence electrons. The maximum atomic E-state index is 3.67. The van der Waals surface area contributed by atoms with Crippen LogP contribution in [0.25, 0.3) is 0 Å². The lowest BCUT2D eigenvalue weighted by Crippen LogP contribution is -2.17. The first kappa shape index (κ1) is 15.5. The van der Waals surface area contributed by atoms with Crippen molar-refractivity contribution in [2.24, 2.45) is 5.41 Å². The average molecular weight is 277 g/mol.